The van der Waals surface area contributed by atoms with Gasteiger partial charge >= 0.3 is 0 Å². The minimum Gasteiger partial charge on any atom is -0.347 e. The standard InChI is InChI=1S/C18H25N5OS/c1-13-5-6-14(2)23(13)18-20-19-17(25-18)22-11-7-15(8-12-22)16(24)21-9-3-4-10-21/h5-6,15H,3-4,7-12H2,1-2H3. The Morgan fingerprint density at radius 2 is 1.60 bits per heavy atom. The molecule has 0 bridgehead atoms. The van der Waals surface area contributed by atoms with Crippen LogP contribution < -0.4 is 4.90 Å². The third-order valence-corrected chi connectivity index (χ3v) is 6.37. The number of carbonyl (C=O) groups excluding carboxylic acids is 1. The van der Waals surface area contributed by atoms with Crippen molar-refractivity contribution in [2.24, 2.45) is 5.92 Å². The second-order valence-electron chi connectivity index (χ2n) is 7.11. The highest BCUT2D eigenvalue weighted by atomic mass is 32.1. The fraction of sp³-hybridized carbons (Fsp3) is 0.611. The van der Waals surface area contributed by atoms with Crippen LogP contribution >= 0.6 is 11.3 Å². The molecule has 2 saturated heterocycles. The molecule has 25 heavy (non-hydrogen) atoms. The normalized spacial score (nSPS) is 19.0. The van der Waals surface area contributed by atoms with Gasteiger partial charge in [0.05, 0.1) is 0 Å². The van der Waals surface area contributed by atoms with Gasteiger partial charge in [-0.2, -0.15) is 0 Å². The molecule has 0 saturated carbocycles. The Kier molecular flexibility index (Phi) is 4.50. The molecule has 0 spiro atoms. The fourth-order valence-corrected chi connectivity index (χ4v) is 4.93. The van der Waals surface area contributed by atoms with Crippen LogP contribution in [0.25, 0.3) is 5.13 Å². The number of rotatable bonds is 3. The summed E-state index contributed by atoms with van der Waals surface area (Å²) < 4.78 is 2.14. The van der Waals surface area contributed by atoms with Crippen LogP contribution in [0.15, 0.2) is 12.1 Å². The number of carbonyl (C=O) groups is 1. The molecule has 0 atom stereocenters. The van der Waals surface area contributed by atoms with E-state index in [1.165, 1.54) is 11.4 Å². The maximum Gasteiger partial charge on any atom is 0.225 e. The van der Waals surface area contributed by atoms with Crippen molar-refractivity contribution in [3.05, 3.63) is 23.5 Å². The largest absolute Gasteiger partial charge is 0.347 e. The Labute approximate surface area is 152 Å². The maximum absolute atomic E-state index is 12.6. The average molecular weight is 359 g/mol. The van der Waals surface area contributed by atoms with E-state index >= 15 is 0 Å². The van der Waals surface area contributed by atoms with Gasteiger partial charge in [0.2, 0.25) is 16.2 Å². The molecular formula is C18H25N5OS. The average Bonchev–Trinajstić information content (AvgIpc) is 3.36. The van der Waals surface area contributed by atoms with Crippen LogP contribution in [0.1, 0.15) is 37.1 Å². The van der Waals surface area contributed by atoms with Crippen LogP contribution in [0, 0.1) is 19.8 Å². The molecule has 4 rings (SSSR count). The molecule has 2 aliphatic heterocycles. The lowest BCUT2D eigenvalue weighted by Gasteiger charge is -2.32. The molecule has 6 nitrogen and oxygen atoms in total. The van der Waals surface area contributed by atoms with Gasteiger partial charge in [-0.05, 0) is 51.7 Å². The summed E-state index contributed by atoms with van der Waals surface area (Å²) in [4.78, 5) is 16.9. The third-order valence-electron chi connectivity index (χ3n) is 5.40. The van der Waals surface area contributed by atoms with Crippen LogP contribution in [0.2, 0.25) is 0 Å². The van der Waals surface area contributed by atoms with Crippen LogP contribution in [-0.4, -0.2) is 51.8 Å². The highest BCUT2D eigenvalue weighted by Crippen LogP contribution is 2.30. The number of amides is 1. The number of aromatic nitrogens is 3. The molecule has 0 aliphatic carbocycles. The first-order chi connectivity index (χ1) is 12.1. The zero-order valence-corrected chi connectivity index (χ0v) is 15.8. The van der Waals surface area contributed by atoms with Crippen molar-refractivity contribution in [3.8, 4) is 5.13 Å². The molecule has 1 amide bonds. The van der Waals surface area contributed by atoms with Gasteiger partial charge in [0, 0.05) is 43.5 Å². The first-order valence-corrected chi connectivity index (χ1v) is 9.97. The zero-order valence-electron chi connectivity index (χ0n) is 14.9. The van der Waals surface area contributed by atoms with Crippen molar-refractivity contribution in [1.82, 2.24) is 19.7 Å². The second kappa shape index (κ2) is 6.78. The van der Waals surface area contributed by atoms with Gasteiger partial charge < -0.3 is 9.80 Å². The molecule has 0 radical (unpaired) electrons. The molecule has 2 aromatic rings. The molecule has 134 valence electrons. The third kappa shape index (κ3) is 3.17. The number of aryl methyl sites for hydroxylation is 2. The molecule has 0 N–H and O–H groups in total. The zero-order chi connectivity index (χ0) is 17.4. The van der Waals surface area contributed by atoms with E-state index in [4.69, 9.17) is 0 Å². The monoisotopic (exact) mass is 359 g/mol. The van der Waals surface area contributed by atoms with E-state index in [0.29, 0.717) is 5.91 Å². The highest BCUT2D eigenvalue weighted by Gasteiger charge is 2.30. The van der Waals surface area contributed by atoms with Crippen molar-refractivity contribution >= 4 is 22.4 Å². The van der Waals surface area contributed by atoms with E-state index in [2.05, 4.69) is 50.5 Å². The van der Waals surface area contributed by atoms with Gasteiger partial charge in [-0.3, -0.25) is 9.36 Å². The minimum absolute atomic E-state index is 0.190. The molecule has 4 heterocycles. The first-order valence-electron chi connectivity index (χ1n) is 9.16. The molecule has 0 aromatic carbocycles. The quantitative estimate of drug-likeness (QED) is 0.846. The number of hydrogen-bond acceptors (Lipinski definition) is 5. The Morgan fingerprint density at radius 3 is 2.24 bits per heavy atom. The summed E-state index contributed by atoms with van der Waals surface area (Å²) in [5.74, 6) is 0.560. The lowest BCUT2D eigenvalue weighted by molar-refractivity contribution is -0.135. The van der Waals surface area contributed by atoms with E-state index in [9.17, 15) is 4.79 Å². The van der Waals surface area contributed by atoms with Gasteiger partial charge in [-0.15, -0.1) is 10.2 Å². The predicted molar refractivity (Wildman–Crippen MR) is 99.5 cm³/mol. The van der Waals surface area contributed by atoms with Crippen molar-refractivity contribution in [1.29, 1.82) is 0 Å². The van der Waals surface area contributed by atoms with E-state index < -0.39 is 0 Å². The van der Waals surface area contributed by atoms with Gasteiger partial charge in [0.15, 0.2) is 0 Å². The summed E-state index contributed by atoms with van der Waals surface area (Å²) in [7, 11) is 0. The number of piperidine rings is 1. The SMILES string of the molecule is Cc1ccc(C)n1-c1nnc(N2CCC(C(=O)N3CCCC3)CC2)s1. The van der Waals surface area contributed by atoms with Gasteiger partial charge in [-0.25, -0.2) is 0 Å². The Morgan fingerprint density at radius 1 is 1.00 bits per heavy atom. The smallest absolute Gasteiger partial charge is 0.225 e. The lowest BCUT2D eigenvalue weighted by atomic mass is 9.95. The van der Waals surface area contributed by atoms with Gasteiger partial charge in [0.25, 0.3) is 0 Å². The number of nitrogens with zero attached hydrogens (tertiary/aromatic N) is 5. The predicted octanol–water partition coefficient (Wildman–Crippen LogP) is 2.78. The van der Waals surface area contributed by atoms with Gasteiger partial charge in [0.1, 0.15) is 0 Å². The van der Waals surface area contributed by atoms with E-state index in [1.807, 2.05) is 0 Å². The lowest BCUT2D eigenvalue weighted by Crippen LogP contribution is -2.41. The number of anilines is 1. The maximum atomic E-state index is 12.6. The van der Waals surface area contributed by atoms with Crippen LogP contribution in [0.3, 0.4) is 0 Å². The second-order valence-corrected chi connectivity index (χ2v) is 8.05. The molecule has 2 aliphatic rings. The van der Waals surface area contributed by atoms with Crippen LogP contribution in [0.4, 0.5) is 5.13 Å². The fourth-order valence-electron chi connectivity index (χ4n) is 3.91. The minimum atomic E-state index is 0.190. The Balaban J connectivity index is 1.41. The van der Waals surface area contributed by atoms with E-state index in [0.717, 1.165) is 62.1 Å². The number of likely N-dealkylation sites (tertiary alicyclic amines) is 1. The molecular weight excluding hydrogens is 334 g/mol. The summed E-state index contributed by atoms with van der Waals surface area (Å²) >= 11 is 1.63. The summed E-state index contributed by atoms with van der Waals surface area (Å²) in [6.07, 6.45) is 4.17. The molecule has 2 fully saturated rings. The summed E-state index contributed by atoms with van der Waals surface area (Å²) in [5.41, 5.74) is 2.35. The summed E-state index contributed by atoms with van der Waals surface area (Å²) in [6.45, 7) is 7.86. The molecule has 7 heteroatoms. The Hall–Kier alpha value is -1.89. The van der Waals surface area contributed by atoms with Crippen molar-refractivity contribution in [2.75, 3.05) is 31.1 Å². The van der Waals surface area contributed by atoms with Crippen molar-refractivity contribution in [2.45, 2.75) is 39.5 Å². The summed E-state index contributed by atoms with van der Waals surface area (Å²) in [5, 5.41) is 10.7. The van der Waals surface area contributed by atoms with Gasteiger partial charge in [-0.1, -0.05) is 11.3 Å². The van der Waals surface area contributed by atoms with Crippen molar-refractivity contribution < 1.29 is 4.79 Å². The first kappa shape index (κ1) is 16.6. The van der Waals surface area contributed by atoms with Crippen LogP contribution in [0.5, 0.6) is 0 Å². The topological polar surface area (TPSA) is 54.3 Å². The summed E-state index contributed by atoms with van der Waals surface area (Å²) in [6, 6.07) is 4.21. The molecule has 0 unspecified atom stereocenters. The van der Waals surface area contributed by atoms with Crippen molar-refractivity contribution in [3.63, 3.8) is 0 Å². The molecule has 2 aromatic heterocycles. The number of hydrogen-bond donors (Lipinski definition) is 0. The Bertz CT molecular complexity index is 734. The van der Waals surface area contributed by atoms with E-state index in [1.54, 1.807) is 11.3 Å². The van der Waals surface area contributed by atoms with E-state index in [-0.39, 0.29) is 5.92 Å². The van der Waals surface area contributed by atoms with Crippen LogP contribution in [-0.2, 0) is 4.79 Å². The highest BCUT2D eigenvalue weighted by molar-refractivity contribution is 7.17.